The first-order valence-corrected chi connectivity index (χ1v) is 7.55. The van der Waals surface area contributed by atoms with Crippen molar-refractivity contribution in [3.05, 3.63) is 31.1 Å². The lowest BCUT2D eigenvalue weighted by Crippen LogP contribution is -2.25. The highest BCUT2D eigenvalue weighted by molar-refractivity contribution is 7.89. The highest BCUT2D eigenvalue weighted by atomic mass is 32.2. The Hall–Kier alpha value is -2.00. The van der Waals surface area contributed by atoms with Gasteiger partial charge in [0.2, 0.25) is 16.0 Å². The molecule has 20 heavy (non-hydrogen) atoms. The van der Waals surface area contributed by atoms with Crippen molar-refractivity contribution in [2.24, 2.45) is 0 Å². The van der Waals surface area contributed by atoms with E-state index < -0.39 is 10.0 Å². The number of aryl methyl sites for hydroxylation is 1. The summed E-state index contributed by atoms with van der Waals surface area (Å²) in [6.07, 6.45) is 8.43. The van der Waals surface area contributed by atoms with Crippen molar-refractivity contribution in [3.63, 3.8) is 0 Å². The quantitative estimate of drug-likeness (QED) is 0.702. The molecule has 2 heterocycles. The predicted molar refractivity (Wildman–Crippen MR) is 73.6 cm³/mol. The van der Waals surface area contributed by atoms with E-state index in [1.165, 1.54) is 12.4 Å². The minimum atomic E-state index is -3.55. The normalized spacial score (nSPS) is 11.4. The van der Waals surface area contributed by atoms with Crippen LogP contribution in [0.3, 0.4) is 0 Å². The van der Waals surface area contributed by atoms with Crippen LogP contribution >= 0.6 is 0 Å². The van der Waals surface area contributed by atoms with E-state index in [-0.39, 0.29) is 4.90 Å². The molecule has 0 aliphatic heterocycles. The Labute approximate surface area is 117 Å². The molecule has 8 nitrogen and oxygen atoms in total. The summed E-state index contributed by atoms with van der Waals surface area (Å²) < 4.78 is 28.3. The molecule has 108 valence electrons. The van der Waals surface area contributed by atoms with Crippen LogP contribution in [0.4, 0.5) is 5.95 Å². The predicted octanol–water partition coefficient (Wildman–Crippen LogP) is 0.0834. The van der Waals surface area contributed by atoms with Crippen LogP contribution in [0.25, 0.3) is 0 Å². The fraction of sp³-hybridized carbons (Fsp3) is 0.364. The SMILES string of the molecule is CNc1ncc(S(=O)(=O)NCCCn2ccnc2)cn1. The van der Waals surface area contributed by atoms with Crippen molar-refractivity contribution in [1.29, 1.82) is 0 Å². The zero-order chi connectivity index (χ0) is 14.4. The van der Waals surface area contributed by atoms with E-state index in [4.69, 9.17) is 0 Å². The van der Waals surface area contributed by atoms with Crippen LogP contribution in [0.5, 0.6) is 0 Å². The zero-order valence-corrected chi connectivity index (χ0v) is 11.8. The third kappa shape index (κ3) is 3.75. The van der Waals surface area contributed by atoms with Gasteiger partial charge in [-0.2, -0.15) is 0 Å². The van der Waals surface area contributed by atoms with Crippen LogP contribution in [-0.4, -0.2) is 41.5 Å². The van der Waals surface area contributed by atoms with Crippen molar-refractivity contribution in [1.82, 2.24) is 24.2 Å². The number of sulfonamides is 1. The summed E-state index contributed by atoms with van der Waals surface area (Å²) in [6.45, 7) is 1.05. The Bertz CT molecular complexity index is 623. The highest BCUT2D eigenvalue weighted by Crippen LogP contribution is 2.06. The highest BCUT2D eigenvalue weighted by Gasteiger charge is 2.14. The van der Waals surface area contributed by atoms with Crippen molar-refractivity contribution in [3.8, 4) is 0 Å². The zero-order valence-electron chi connectivity index (χ0n) is 11.0. The molecule has 0 fully saturated rings. The molecule has 0 saturated carbocycles. The molecular formula is C11H16N6O2S. The van der Waals surface area contributed by atoms with Gasteiger partial charge in [-0.3, -0.25) is 0 Å². The average molecular weight is 296 g/mol. The molecular weight excluding hydrogens is 280 g/mol. The second kappa shape index (κ2) is 6.44. The first-order valence-electron chi connectivity index (χ1n) is 6.07. The van der Waals surface area contributed by atoms with Gasteiger partial charge < -0.3 is 9.88 Å². The lowest BCUT2D eigenvalue weighted by atomic mass is 10.4. The summed E-state index contributed by atoms with van der Waals surface area (Å²) in [5, 5.41) is 2.73. The van der Waals surface area contributed by atoms with Crippen LogP contribution in [0.2, 0.25) is 0 Å². The largest absolute Gasteiger partial charge is 0.357 e. The van der Waals surface area contributed by atoms with Crippen LogP contribution in [0.15, 0.2) is 36.0 Å². The van der Waals surface area contributed by atoms with E-state index in [2.05, 4.69) is 25.0 Å². The van der Waals surface area contributed by atoms with E-state index in [9.17, 15) is 8.42 Å². The topological polar surface area (TPSA) is 102 Å². The van der Waals surface area contributed by atoms with Gasteiger partial charge in [0, 0.05) is 32.5 Å². The van der Waals surface area contributed by atoms with E-state index in [1.807, 2.05) is 10.8 Å². The van der Waals surface area contributed by atoms with Gasteiger partial charge in [-0.1, -0.05) is 0 Å². The maximum atomic E-state index is 12.0. The van der Waals surface area contributed by atoms with Crippen molar-refractivity contribution in [2.75, 3.05) is 18.9 Å². The number of hydrogen-bond acceptors (Lipinski definition) is 6. The van der Waals surface area contributed by atoms with E-state index in [0.29, 0.717) is 25.5 Å². The number of rotatable bonds is 7. The summed E-state index contributed by atoms with van der Waals surface area (Å²) in [4.78, 5) is 11.7. The lowest BCUT2D eigenvalue weighted by molar-refractivity contribution is 0.569. The van der Waals surface area contributed by atoms with Gasteiger partial charge in [0.25, 0.3) is 0 Å². The van der Waals surface area contributed by atoms with Gasteiger partial charge >= 0.3 is 0 Å². The standard InChI is InChI=1S/C11H16N6O2S/c1-12-11-14-7-10(8-15-11)20(18,19)16-3-2-5-17-6-4-13-9-17/h4,6-9,16H,2-3,5H2,1H3,(H,12,14,15). The third-order valence-corrected chi connectivity index (χ3v) is 4.02. The fourth-order valence-electron chi connectivity index (χ4n) is 1.55. The lowest BCUT2D eigenvalue weighted by Gasteiger charge is -2.07. The van der Waals surface area contributed by atoms with Crippen molar-refractivity contribution in [2.45, 2.75) is 17.9 Å². The average Bonchev–Trinajstić information content (AvgIpc) is 2.97. The number of anilines is 1. The van der Waals surface area contributed by atoms with Gasteiger partial charge in [-0.15, -0.1) is 0 Å². The Kier molecular flexibility index (Phi) is 4.64. The van der Waals surface area contributed by atoms with Crippen LogP contribution < -0.4 is 10.0 Å². The summed E-state index contributed by atoms with van der Waals surface area (Å²) in [5.74, 6) is 0.379. The molecule has 0 aliphatic rings. The van der Waals surface area contributed by atoms with Crippen molar-refractivity contribution < 1.29 is 8.42 Å². The minimum absolute atomic E-state index is 0.0548. The van der Waals surface area contributed by atoms with Crippen LogP contribution in [0, 0.1) is 0 Å². The molecule has 0 radical (unpaired) electrons. The molecule has 0 aliphatic carbocycles. The molecule has 0 bridgehead atoms. The maximum Gasteiger partial charge on any atom is 0.243 e. The Morgan fingerprint density at radius 1 is 1.30 bits per heavy atom. The number of aromatic nitrogens is 4. The van der Waals surface area contributed by atoms with Gasteiger partial charge in [0.1, 0.15) is 4.90 Å². The Morgan fingerprint density at radius 2 is 2.05 bits per heavy atom. The second-order valence-corrected chi connectivity index (χ2v) is 5.81. The molecule has 2 N–H and O–H groups in total. The summed E-state index contributed by atoms with van der Waals surface area (Å²) >= 11 is 0. The van der Waals surface area contributed by atoms with Gasteiger partial charge in [0.15, 0.2) is 0 Å². The van der Waals surface area contributed by atoms with Gasteiger partial charge in [-0.25, -0.2) is 28.1 Å². The Balaban J connectivity index is 1.86. The minimum Gasteiger partial charge on any atom is -0.357 e. The molecule has 2 rings (SSSR count). The van der Waals surface area contributed by atoms with E-state index >= 15 is 0 Å². The van der Waals surface area contributed by atoms with E-state index in [0.717, 1.165) is 0 Å². The fourth-order valence-corrected chi connectivity index (χ4v) is 2.52. The molecule has 0 saturated heterocycles. The molecule has 9 heteroatoms. The molecule has 0 aromatic carbocycles. The van der Waals surface area contributed by atoms with Crippen LogP contribution in [-0.2, 0) is 16.6 Å². The second-order valence-electron chi connectivity index (χ2n) is 4.04. The molecule has 0 spiro atoms. The van der Waals surface area contributed by atoms with Crippen molar-refractivity contribution >= 4 is 16.0 Å². The molecule has 0 amide bonds. The number of nitrogens with zero attached hydrogens (tertiary/aromatic N) is 4. The Morgan fingerprint density at radius 3 is 2.65 bits per heavy atom. The molecule has 2 aromatic heterocycles. The number of hydrogen-bond donors (Lipinski definition) is 2. The molecule has 0 atom stereocenters. The summed E-state index contributed by atoms with van der Waals surface area (Å²) in [6, 6.07) is 0. The number of imidazole rings is 1. The van der Waals surface area contributed by atoms with Gasteiger partial charge in [-0.05, 0) is 6.42 Å². The first-order chi connectivity index (χ1) is 9.62. The molecule has 0 unspecified atom stereocenters. The summed E-state index contributed by atoms with van der Waals surface area (Å²) in [5.41, 5.74) is 0. The number of nitrogens with one attached hydrogen (secondary N) is 2. The summed E-state index contributed by atoms with van der Waals surface area (Å²) in [7, 11) is -1.89. The smallest absolute Gasteiger partial charge is 0.243 e. The maximum absolute atomic E-state index is 12.0. The third-order valence-electron chi connectivity index (χ3n) is 2.61. The van der Waals surface area contributed by atoms with E-state index in [1.54, 1.807) is 19.6 Å². The molecule has 2 aromatic rings. The van der Waals surface area contributed by atoms with Crippen LogP contribution in [0.1, 0.15) is 6.42 Å². The monoisotopic (exact) mass is 296 g/mol. The van der Waals surface area contributed by atoms with Gasteiger partial charge in [0.05, 0.1) is 18.7 Å². The first kappa shape index (κ1) is 14.4.